The molecule has 15 heavy (non-hydrogen) atoms. The second-order valence-corrected chi connectivity index (χ2v) is 4.27. The Bertz CT molecular complexity index is 326. The van der Waals surface area contributed by atoms with E-state index in [2.05, 4.69) is 27.5 Å². The van der Waals surface area contributed by atoms with Crippen LogP contribution in [-0.2, 0) is 0 Å². The number of hydrogen-bond donors (Lipinski definition) is 2. The summed E-state index contributed by atoms with van der Waals surface area (Å²) in [5.74, 6) is 2.44. The van der Waals surface area contributed by atoms with E-state index in [1.54, 1.807) is 6.20 Å². The van der Waals surface area contributed by atoms with Gasteiger partial charge < -0.3 is 10.6 Å². The van der Waals surface area contributed by atoms with Gasteiger partial charge in [0.2, 0.25) is 5.95 Å². The van der Waals surface area contributed by atoms with Gasteiger partial charge in [0.15, 0.2) is 0 Å². The molecule has 0 saturated heterocycles. The first-order chi connectivity index (χ1) is 7.28. The van der Waals surface area contributed by atoms with Crippen LogP contribution in [0.15, 0.2) is 12.3 Å². The van der Waals surface area contributed by atoms with E-state index in [1.807, 2.05) is 13.1 Å². The maximum Gasteiger partial charge on any atom is 0.224 e. The van der Waals surface area contributed by atoms with E-state index in [9.17, 15) is 0 Å². The molecule has 82 valence electrons. The fourth-order valence-corrected chi connectivity index (χ4v) is 2.11. The maximum absolute atomic E-state index is 4.35. The number of hydrogen-bond acceptors (Lipinski definition) is 4. The van der Waals surface area contributed by atoms with Crippen molar-refractivity contribution in [2.45, 2.75) is 32.2 Å². The molecule has 2 unspecified atom stereocenters. The molecule has 1 saturated carbocycles. The minimum atomic E-state index is 0.583. The Hall–Kier alpha value is -1.32. The average Bonchev–Trinajstić information content (AvgIpc) is 2.64. The fraction of sp³-hybridized carbons (Fsp3) is 0.636. The molecule has 0 radical (unpaired) electrons. The molecule has 1 aromatic rings. The zero-order valence-corrected chi connectivity index (χ0v) is 9.33. The summed E-state index contributed by atoms with van der Waals surface area (Å²) in [6.45, 7) is 2.31. The summed E-state index contributed by atoms with van der Waals surface area (Å²) in [6, 6.07) is 2.50. The molecule has 0 aromatic carbocycles. The maximum atomic E-state index is 4.35. The van der Waals surface area contributed by atoms with Crippen LogP contribution in [0.4, 0.5) is 11.8 Å². The largest absolute Gasteiger partial charge is 0.367 e. The summed E-state index contributed by atoms with van der Waals surface area (Å²) < 4.78 is 0. The SMILES string of the molecule is CNc1nccc(NC2CCC(C)C2)n1. The van der Waals surface area contributed by atoms with Crippen molar-refractivity contribution in [2.24, 2.45) is 5.92 Å². The number of nitrogens with zero attached hydrogens (tertiary/aromatic N) is 2. The quantitative estimate of drug-likeness (QED) is 0.795. The normalized spacial score (nSPS) is 25.2. The second kappa shape index (κ2) is 4.47. The number of aromatic nitrogens is 2. The lowest BCUT2D eigenvalue weighted by Gasteiger charge is -2.13. The van der Waals surface area contributed by atoms with Gasteiger partial charge in [-0.3, -0.25) is 0 Å². The summed E-state index contributed by atoms with van der Waals surface area (Å²) in [5.41, 5.74) is 0. The van der Waals surface area contributed by atoms with Gasteiger partial charge in [0.25, 0.3) is 0 Å². The van der Waals surface area contributed by atoms with Crippen LogP contribution >= 0.6 is 0 Å². The number of rotatable bonds is 3. The lowest BCUT2D eigenvalue weighted by atomic mass is 10.1. The van der Waals surface area contributed by atoms with Crippen molar-refractivity contribution in [1.29, 1.82) is 0 Å². The van der Waals surface area contributed by atoms with Crippen LogP contribution in [0.1, 0.15) is 26.2 Å². The Morgan fingerprint density at radius 3 is 2.93 bits per heavy atom. The number of anilines is 2. The standard InChI is InChI=1S/C11H18N4/c1-8-3-4-9(7-8)14-10-5-6-13-11(12-2)15-10/h5-6,8-9H,3-4,7H2,1-2H3,(H2,12,13,14,15). The predicted octanol–water partition coefficient (Wildman–Crippen LogP) is 2.12. The molecule has 2 N–H and O–H groups in total. The highest BCUT2D eigenvalue weighted by Gasteiger charge is 2.21. The lowest BCUT2D eigenvalue weighted by molar-refractivity contribution is 0.602. The monoisotopic (exact) mass is 206 g/mol. The Morgan fingerprint density at radius 1 is 1.40 bits per heavy atom. The number of nitrogens with one attached hydrogen (secondary N) is 2. The summed E-state index contributed by atoms with van der Waals surface area (Å²) in [7, 11) is 1.83. The van der Waals surface area contributed by atoms with Crippen LogP contribution in [-0.4, -0.2) is 23.1 Å². The summed E-state index contributed by atoms with van der Waals surface area (Å²) >= 11 is 0. The third-order valence-electron chi connectivity index (χ3n) is 2.93. The van der Waals surface area contributed by atoms with Gasteiger partial charge in [-0.05, 0) is 31.2 Å². The molecule has 1 aliphatic rings. The topological polar surface area (TPSA) is 49.8 Å². The van der Waals surface area contributed by atoms with Gasteiger partial charge in [-0.2, -0.15) is 4.98 Å². The van der Waals surface area contributed by atoms with Crippen molar-refractivity contribution < 1.29 is 0 Å². The van der Waals surface area contributed by atoms with Gasteiger partial charge >= 0.3 is 0 Å². The third-order valence-corrected chi connectivity index (χ3v) is 2.93. The average molecular weight is 206 g/mol. The molecule has 1 heterocycles. The molecule has 4 nitrogen and oxygen atoms in total. The van der Waals surface area contributed by atoms with E-state index in [-0.39, 0.29) is 0 Å². The van der Waals surface area contributed by atoms with Crippen molar-refractivity contribution in [3.8, 4) is 0 Å². The van der Waals surface area contributed by atoms with E-state index in [0.29, 0.717) is 12.0 Å². The third kappa shape index (κ3) is 2.58. The molecule has 0 bridgehead atoms. The van der Waals surface area contributed by atoms with E-state index in [0.717, 1.165) is 11.7 Å². The van der Waals surface area contributed by atoms with E-state index in [1.165, 1.54) is 19.3 Å². The first-order valence-corrected chi connectivity index (χ1v) is 5.55. The van der Waals surface area contributed by atoms with E-state index < -0.39 is 0 Å². The van der Waals surface area contributed by atoms with Crippen molar-refractivity contribution in [3.05, 3.63) is 12.3 Å². The summed E-state index contributed by atoms with van der Waals surface area (Å²) in [5, 5.41) is 6.39. The zero-order valence-electron chi connectivity index (χ0n) is 9.33. The fourth-order valence-electron chi connectivity index (χ4n) is 2.11. The van der Waals surface area contributed by atoms with E-state index >= 15 is 0 Å². The first kappa shape index (κ1) is 10.2. The summed E-state index contributed by atoms with van der Waals surface area (Å²) in [4.78, 5) is 8.43. The highest BCUT2D eigenvalue weighted by atomic mass is 15.1. The van der Waals surface area contributed by atoms with Crippen molar-refractivity contribution >= 4 is 11.8 Å². The lowest BCUT2D eigenvalue weighted by Crippen LogP contribution is -2.16. The van der Waals surface area contributed by atoms with Gasteiger partial charge in [0, 0.05) is 19.3 Å². The molecule has 0 amide bonds. The van der Waals surface area contributed by atoms with Crippen LogP contribution in [0.25, 0.3) is 0 Å². The minimum Gasteiger partial charge on any atom is -0.367 e. The summed E-state index contributed by atoms with van der Waals surface area (Å²) in [6.07, 6.45) is 5.60. The molecule has 1 aliphatic carbocycles. The Balaban J connectivity index is 1.98. The molecular formula is C11H18N4. The molecule has 1 fully saturated rings. The molecule has 4 heteroatoms. The van der Waals surface area contributed by atoms with E-state index in [4.69, 9.17) is 0 Å². The zero-order chi connectivity index (χ0) is 10.7. The van der Waals surface area contributed by atoms with Crippen LogP contribution < -0.4 is 10.6 Å². The van der Waals surface area contributed by atoms with Crippen LogP contribution in [0.3, 0.4) is 0 Å². The van der Waals surface area contributed by atoms with Crippen LogP contribution in [0.5, 0.6) is 0 Å². The molecular weight excluding hydrogens is 188 g/mol. The van der Waals surface area contributed by atoms with Crippen molar-refractivity contribution in [1.82, 2.24) is 9.97 Å². The van der Waals surface area contributed by atoms with Gasteiger partial charge in [0.05, 0.1) is 0 Å². The van der Waals surface area contributed by atoms with Gasteiger partial charge in [-0.1, -0.05) is 6.92 Å². The van der Waals surface area contributed by atoms with Crippen LogP contribution in [0, 0.1) is 5.92 Å². The molecule has 0 aliphatic heterocycles. The minimum absolute atomic E-state index is 0.583. The Morgan fingerprint density at radius 2 is 2.27 bits per heavy atom. The van der Waals surface area contributed by atoms with Gasteiger partial charge in [-0.15, -0.1) is 0 Å². The van der Waals surface area contributed by atoms with Crippen molar-refractivity contribution in [3.63, 3.8) is 0 Å². The molecule has 0 spiro atoms. The van der Waals surface area contributed by atoms with Crippen molar-refractivity contribution in [2.75, 3.05) is 17.7 Å². The molecule has 1 aromatic heterocycles. The molecule has 2 atom stereocenters. The highest BCUT2D eigenvalue weighted by Crippen LogP contribution is 2.26. The second-order valence-electron chi connectivity index (χ2n) is 4.27. The Kier molecular flexibility index (Phi) is 3.04. The predicted molar refractivity (Wildman–Crippen MR) is 62.0 cm³/mol. The highest BCUT2D eigenvalue weighted by molar-refractivity contribution is 5.40. The van der Waals surface area contributed by atoms with Crippen LogP contribution in [0.2, 0.25) is 0 Å². The van der Waals surface area contributed by atoms with Gasteiger partial charge in [0.1, 0.15) is 5.82 Å². The first-order valence-electron chi connectivity index (χ1n) is 5.55. The smallest absolute Gasteiger partial charge is 0.224 e. The Labute approximate surface area is 90.5 Å². The van der Waals surface area contributed by atoms with Gasteiger partial charge in [-0.25, -0.2) is 4.98 Å². The molecule has 2 rings (SSSR count).